The molecule has 0 bridgehead atoms. The Kier molecular flexibility index (Phi) is 3.56. The lowest BCUT2D eigenvalue weighted by Crippen LogP contribution is -2.48. The number of aryl methyl sites for hydroxylation is 1. The Hall–Kier alpha value is -2.43. The molecule has 0 aromatic carbocycles. The maximum Gasteiger partial charge on any atom is 0.172 e. The fourth-order valence-corrected chi connectivity index (χ4v) is 2.73. The molecule has 1 aliphatic rings. The predicted molar refractivity (Wildman–Crippen MR) is 84.5 cm³/mol. The van der Waals surface area contributed by atoms with Gasteiger partial charge in [-0.25, -0.2) is 0 Å². The number of Topliss-reactive ketones (excluding diaryl/α,β-unsaturated/α-hetero) is 1. The van der Waals surface area contributed by atoms with Crippen LogP contribution in [-0.2, 0) is 4.79 Å². The van der Waals surface area contributed by atoms with Gasteiger partial charge in [0.15, 0.2) is 11.6 Å². The van der Waals surface area contributed by atoms with E-state index in [0.717, 1.165) is 22.8 Å². The van der Waals surface area contributed by atoms with Crippen molar-refractivity contribution < 1.29 is 9.32 Å². The molecule has 3 heterocycles. The largest absolute Gasteiger partial charge is 0.360 e. The van der Waals surface area contributed by atoms with Crippen LogP contribution in [0, 0.1) is 12.3 Å². The predicted octanol–water partition coefficient (Wildman–Crippen LogP) is 2.88. The first-order chi connectivity index (χ1) is 10.5. The van der Waals surface area contributed by atoms with Crippen LogP contribution >= 0.6 is 0 Å². The number of anilines is 1. The minimum absolute atomic E-state index is 0.162. The Balaban J connectivity index is 1.95. The third-order valence-corrected chi connectivity index (χ3v) is 3.80. The first kappa shape index (κ1) is 14.5. The second-order valence-electron chi connectivity index (χ2n) is 6.29. The van der Waals surface area contributed by atoms with Crippen molar-refractivity contribution in [2.45, 2.75) is 20.8 Å². The summed E-state index contributed by atoms with van der Waals surface area (Å²) in [6.45, 7) is 6.92. The highest BCUT2D eigenvalue weighted by molar-refractivity contribution is 6.05. The van der Waals surface area contributed by atoms with Crippen LogP contribution in [0.5, 0.6) is 0 Å². The molecule has 0 unspecified atom stereocenters. The van der Waals surface area contributed by atoms with Gasteiger partial charge >= 0.3 is 0 Å². The molecule has 22 heavy (non-hydrogen) atoms. The van der Waals surface area contributed by atoms with Gasteiger partial charge in [-0.05, 0) is 25.1 Å². The summed E-state index contributed by atoms with van der Waals surface area (Å²) in [6, 6.07) is 7.56. The summed E-state index contributed by atoms with van der Waals surface area (Å²) in [5.74, 6) is 1.69. The van der Waals surface area contributed by atoms with Crippen LogP contribution in [-0.4, -0.2) is 29.0 Å². The van der Waals surface area contributed by atoms with Crippen molar-refractivity contribution in [1.29, 1.82) is 0 Å². The average Bonchev–Trinajstić information content (AvgIpc) is 2.91. The molecular weight excluding hydrogens is 278 g/mol. The molecule has 0 atom stereocenters. The lowest BCUT2D eigenvalue weighted by molar-refractivity contribution is -0.123. The fourth-order valence-electron chi connectivity index (χ4n) is 2.73. The SMILES string of the molecule is Cc1cc(N2C/C(=C\c3ccccn3)C(=O)C(C)(C)C2)no1. The minimum atomic E-state index is -0.467. The van der Waals surface area contributed by atoms with Gasteiger partial charge in [-0.15, -0.1) is 0 Å². The molecule has 1 fully saturated rings. The van der Waals surface area contributed by atoms with Crippen molar-refractivity contribution in [3.8, 4) is 0 Å². The number of carbonyl (C=O) groups excluding carboxylic acids is 1. The molecule has 0 aliphatic carbocycles. The molecule has 114 valence electrons. The smallest absolute Gasteiger partial charge is 0.172 e. The third-order valence-electron chi connectivity index (χ3n) is 3.80. The van der Waals surface area contributed by atoms with Crippen molar-refractivity contribution >= 4 is 17.7 Å². The van der Waals surface area contributed by atoms with Crippen LogP contribution < -0.4 is 4.90 Å². The Labute approximate surface area is 129 Å². The number of aromatic nitrogens is 2. The van der Waals surface area contributed by atoms with Gasteiger partial charge in [0, 0.05) is 36.3 Å². The second kappa shape index (κ2) is 5.40. The molecule has 0 N–H and O–H groups in total. The Morgan fingerprint density at radius 3 is 2.82 bits per heavy atom. The maximum atomic E-state index is 12.7. The van der Waals surface area contributed by atoms with Crippen molar-refractivity contribution in [2.24, 2.45) is 5.41 Å². The lowest BCUT2D eigenvalue weighted by Gasteiger charge is -2.38. The minimum Gasteiger partial charge on any atom is -0.360 e. The second-order valence-corrected chi connectivity index (χ2v) is 6.29. The molecule has 1 saturated heterocycles. The summed E-state index contributed by atoms with van der Waals surface area (Å²) < 4.78 is 5.16. The third kappa shape index (κ3) is 2.79. The molecule has 2 aromatic rings. The van der Waals surface area contributed by atoms with Crippen molar-refractivity contribution in [3.05, 3.63) is 47.5 Å². The zero-order valence-electron chi connectivity index (χ0n) is 13.0. The summed E-state index contributed by atoms with van der Waals surface area (Å²) >= 11 is 0. The number of carbonyl (C=O) groups is 1. The van der Waals surface area contributed by atoms with Crippen molar-refractivity contribution in [1.82, 2.24) is 10.1 Å². The number of pyridine rings is 1. The van der Waals surface area contributed by atoms with Crippen LogP contribution in [0.25, 0.3) is 6.08 Å². The standard InChI is InChI=1S/C17H19N3O2/c1-12-8-15(19-22-12)20-10-13(16(21)17(2,3)11-20)9-14-6-4-5-7-18-14/h4-9H,10-11H2,1-3H3/b13-9+. The Morgan fingerprint density at radius 1 is 1.36 bits per heavy atom. The topological polar surface area (TPSA) is 59.2 Å². The Bertz CT molecular complexity index is 717. The normalized spacial score (nSPS) is 19.7. The lowest BCUT2D eigenvalue weighted by atomic mass is 9.80. The number of nitrogens with zero attached hydrogens (tertiary/aromatic N) is 3. The molecule has 0 amide bonds. The molecule has 0 saturated carbocycles. The molecule has 2 aromatic heterocycles. The number of hydrogen-bond acceptors (Lipinski definition) is 5. The highest BCUT2D eigenvalue weighted by Gasteiger charge is 2.38. The van der Waals surface area contributed by atoms with E-state index in [1.54, 1.807) is 6.20 Å². The quantitative estimate of drug-likeness (QED) is 0.798. The van der Waals surface area contributed by atoms with E-state index < -0.39 is 5.41 Å². The van der Waals surface area contributed by atoms with Crippen molar-refractivity contribution in [3.63, 3.8) is 0 Å². The number of ketones is 1. The van der Waals surface area contributed by atoms with E-state index in [1.807, 2.05) is 51.1 Å². The molecule has 3 rings (SSSR count). The number of hydrogen-bond donors (Lipinski definition) is 0. The van der Waals surface area contributed by atoms with Crippen LogP contribution in [0.2, 0.25) is 0 Å². The molecule has 0 spiro atoms. The summed E-state index contributed by atoms with van der Waals surface area (Å²) in [4.78, 5) is 19.0. The van der Waals surface area contributed by atoms with E-state index in [0.29, 0.717) is 13.1 Å². The van der Waals surface area contributed by atoms with Gasteiger partial charge in [0.1, 0.15) is 5.76 Å². The van der Waals surface area contributed by atoms with E-state index in [2.05, 4.69) is 15.0 Å². The highest BCUT2D eigenvalue weighted by atomic mass is 16.5. The first-order valence-electron chi connectivity index (χ1n) is 7.30. The first-order valence-corrected chi connectivity index (χ1v) is 7.30. The van der Waals surface area contributed by atoms with E-state index in [-0.39, 0.29) is 5.78 Å². The van der Waals surface area contributed by atoms with Crippen molar-refractivity contribution in [2.75, 3.05) is 18.0 Å². The monoisotopic (exact) mass is 297 g/mol. The van der Waals surface area contributed by atoms with Gasteiger partial charge < -0.3 is 9.42 Å². The van der Waals surface area contributed by atoms with Crippen LogP contribution in [0.4, 0.5) is 5.82 Å². The van der Waals surface area contributed by atoms with Gasteiger partial charge in [-0.3, -0.25) is 9.78 Å². The van der Waals surface area contributed by atoms with E-state index in [9.17, 15) is 4.79 Å². The van der Waals surface area contributed by atoms with Crippen LogP contribution in [0.15, 0.2) is 40.6 Å². The van der Waals surface area contributed by atoms with Gasteiger partial charge in [-0.2, -0.15) is 0 Å². The molecule has 5 heteroatoms. The molecular formula is C17H19N3O2. The summed E-state index contributed by atoms with van der Waals surface area (Å²) in [7, 11) is 0. The van der Waals surface area contributed by atoms with E-state index in [4.69, 9.17) is 4.52 Å². The zero-order chi connectivity index (χ0) is 15.7. The van der Waals surface area contributed by atoms with Gasteiger partial charge in [0.2, 0.25) is 0 Å². The summed E-state index contributed by atoms with van der Waals surface area (Å²) in [5.41, 5.74) is 1.07. The summed E-state index contributed by atoms with van der Waals surface area (Å²) in [6.07, 6.45) is 3.59. The maximum absolute atomic E-state index is 12.7. The molecule has 5 nitrogen and oxygen atoms in total. The van der Waals surface area contributed by atoms with Gasteiger partial charge in [0.05, 0.1) is 5.69 Å². The molecule has 0 radical (unpaired) electrons. The summed E-state index contributed by atoms with van der Waals surface area (Å²) in [5, 5.41) is 4.07. The number of rotatable bonds is 2. The fraction of sp³-hybridized carbons (Fsp3) is 0.353. The van der Waals surface area contributed by atoms with Crippen LogP contribution in [0.1, 0.15) is 25.3 Å². The van der Waals surface area contributed by atoms with Gasteiger partial charge in [0.25, 0.3) is 0 Å². The average molecular weight is 297 g/mol. The van der Waals surface area contributed by atoms with E-state index >= 15 is 0 Å². The Morgan fingerprint density at radius 2 is 2.18 bits per heavy atom. The highest BCUT2D eigenvalue weighted by Crippen LogP contribution is 2.32. The zero-order valence-corrected chi connectivity index (χ0v) is 13.0. The van der Waals surface area contributed by atoms with Gasteiger partial charge in [-0.1, -0.05) is 25.1 Å². The van der Waals surface area contributed by atoms with E-state index in [1.165, 1.54) is 0 Å². The van der Waals surface area contributed by atoms with Crippen LogP contribution in [0.3, 0.4) is 0 Å². The number of piperidine rings is 1. The molecule has 1 aliphatic heterocycles.